The molecule has 0 fully saturated rings. The Bertz CT molecular complexity index is 1460. The van der Waals surface area contributed by atoms with E-state index in [0.717, 1.165) is 0 Å². The van der Waals surface area contributed by atoms with Crippen LogP contribution < -0.4 is 10.9 Å². The molecule has 0 aliphatic rings. The largest absolute Gasteiger partial charge is 0.457 e. The van der Waals surface area contributed by atoms with Crippen LogP contribution in [0.3, 0.4) is 0 Å². The SMILES string of the molecule is CCOC(=O)Nc1ccc2c(COC(=O)c3ccccc3C(=O)c3ccccc3)cc(=O)oc2c1. The molecule has 35 heavy (non-hydrogen) atoms. The standard InChI is InChI=1S/C27H21NO7/c1-2-33-27(32)28-19-12-13-20-18(14-24(29)35-23(20)15-19)16-34-26(31)22-11-7-6-10-21(22)25(30)17-8-4-3-5-9-17/h3-15H,2,16H2,1H3,(H,28,32). The molecule has 0 aliphatic carbocycles. The minimum atomic E-state index is -0.702. The van der Waals surface area contributed by atoms with Crippen molar-refractivity contribution in [3.05, 3.63) is 112 Å². The number of hydrogen-bond acceptors (Lipinski definition) is 7. The molecule has 0 atom stereocenters. The summed E-state index contributed by atoms with van der Waals surface area (Å²) in [6.45, 7) is 1.67. The highest BCUT2D eigenvalue weighted by atomic mass is 16.5. The summed E-state index contributed by atoms with van der Waals surface area (Å²) in [5.41, 5.74) is 1.15. The van der Waals surface area contributed by atoms with Crippen LogP contribution in [0, 0.1) is 0 Å². The number of nitrogens with one attached hydrogen (secondary N) is 1. The van der Waals surface area contributed by atoms with Crippen LogP contribution in [0.5, 0.6) is 0 Å². The Hall–Kier alpha value is -4.72. The van der Waals surface area contributed by atoms with Crippen LogP contribution in [0.15, 0.2) is 88.1 Å². The summed E-state index contributed by atoms with van der Waals surface area (Å²) in [6, 6.07) is 21.0. The van der Waals surface area contributed by atoms with Crippen LogP contribution in [0.4, 0.5) is 10.5 Å². The van der Waals surface area contributed by atoms with Crippen molar-refractivity contribution in [1.82, 2.24) is 0 Å². The van der Waals surface area contributed by atoms with E-state index < -0.39 is 17.7 Å². The summed E-state index contributed by atoms with van der Waals surface area (Å²) in [5, 5.41) is 3.06. The molecule has 3 aromatic carbocycles. The Labute approximate surface area is 200 Å². The number of ketones is 1. The first-order valence-corrected chi connectivity index (χ1v) is 10.8. The number of esters is 1. The lowest BCUT2D eigenvalue weighted by Gasteiger charge is -2.11. The first-order valence-electron chi connectivity index (χ1n) is 10.8. The molecule has 4 rings (SSSR count). The Morgan fingerprint density at radius 2 is 1.57 bits per heavy atom. The van der Waals surface area contributed by atoms with E-state index in [4.69, 9.17) is 13.9 Å². The normalized spacial score (nSPS) is 10.5. The predicted octanol–water partition coefficient (Wildman–Crippen LogP) is 4.95. The first-order chi connectivity index (χ1) is 17.0. The number of benzene rings is 3. The van der Waals surface area contributed by atoms with E-state index in [-0.39, 0.29) is 35.7 Å². The molecule has 0 saturated carbocycles. The van der Waals surface area contributed by atoms with Gasteiger partial charge in [-0.15, -0.1) is 0 Å². The van der Waals surface area contributed by atoms with Crippen molar-refractivity contribution in [2.45, 2.75) is 13.5 Å². The fourth-order valence-electron chi connectivity index (χ4n) is 3.54. The van der Waals surface area contributed by atoms with Crippen LogP contribution in [0.2, 0.25) is 0 Å². The van der Waals surface area contributed by atoms with Gasteiger partial charge in [0, 0.05) is 39.9 Å². The number of amides is 1. The molecular weight excluding hydrogens is 450 g/mol. The van der Waals surface area contributed by atoms with Gasteiger partial charge in [-0.25, -0.2) is 14.4 Å². The molecule has 1 heterocycles. The van der Waals surface area contributed by atoms with E-state index in [1.807, 2.05) is 0 Å². The number of rotatable bonds is 7. The van der Waals surface area contributed by atoms with Gasteiger partial charge >= 0.3 is 17.7 Å². The first kappa shape index (κ1) is 23.4. The van der Waals surface area contributed by atoms with Crippen LogP contribution >= 0.6 is 0 Å². The van der Waals surface area contributed by atoms with Gasteiger partial charge in [0.2, 0.25) is 0 Å². The molecule has 0 unspecified atom stereocenters. The maximum absolute atomic E-state index is 12.9. The number of fused-ring (bicyclic) bond motifs is 1. The summed E-state index contributed by atoms with van der Waals surface area (Å²) in [4.78, 5) is 49.6. The minimum Gasteiger partial charge on any atom is -0.457 e. The second-order valence-corrected chi connectivity index (χ2v) is 7.46. The Morgan fingerprint density at radius 3 is 2.31 bits per heavy atom. The van der Waals surface area contributed by atoms with E-state index >= 15 is 0 Å². The Balaban J connectivity index is 1.56. The van der Waals surface area contributed by atoms with Gasteiger partial charge in [0.25, 0.3) is 0 Å². The molecule has 8 nitrogen and oxygen atoms in total. The lowest BCUT2D eigenvalue weighted by Crippen LogP contribution is -2.14. The zero-order chi connectivity index (χ0) is 24.8. The van der Waals surface area contributed by atoms with Crippen molar-refractivity contribution < 1.29 is 28.3 Å². The molecule has 1 amide bonds. The molecule has 1 aromatic heterocycles. The lowest BCUT2D eigenvalue weighted by atomic mass is 9.98. The molecule has 1 N–H and O–H groups in total. The van der Waals surface area contributed by atoms with Gasteiger partial charge in [0.1, 0.15) is 12.2 Å². The number of carbonyl (C=O) groups excluding carboxylic acids is 3. The number of carbonyl (C=O) groups is 3. The van der Waals surface area contributed by atoms with Gasteiger partial charge < -0.3 is 13.9 Å². The van der Waals surface area contributed by atoms with Crippen molar-refractivity contribution in [1.29, 1.82) is 0 Å². The molecule has 4 aromatic rings. The molecular formula is C27H21NO7. The quantitative estimate of drug-likeness (QED) is 0.231. The van der Waals surface area contributed by atoms with Crippen molar-refractivity contribution in [2.75, 3.05) is 11.9 Å². The maximum Gasteiger partial charge on any atom is 0.411 e. The second kappa shape index (κ2) is 10.5. The summed E-state index contributed by atoms with van der Waals surface area (Å²) < 4.78 is 15.6. The van der Waals surface area contributed by atoms with E-state index in [1.54, 1.807) is 67.6 Å². The number of hydrogen-bond donors (Lipinski definition) is 1. The highest BCUT2D eigenvalue weighted by Crippen LogP contribution is 2.23. The summed E-state index contributed by atoms with van der Waals surface area (Å²) in [7, 11) is 0. The molecule has 176 valence electrons. The van der Waals surface area contributed by atoms with E-state index in [1.165, 1.54) is 18.2 Å². The van der Waals surface area contributed by atoms with Gasteiger partial charge in [-0.05, 0) is 25.1 Å². The highest BCUT2D eigenvalue weighted by Gasteiger charge is 2.19. The summed E-state index contributed by atoms with van der Waals surface area (Å²) >= 11 is 0. The van der Waals surface area contributed by atoms with Gasteiger partial charge in [0.05, 0.1) is 12.2 Å². The predicted molar refractivity (Wildman–Crippen MR) is 129 cm³/mol. The monoisotopic (exact) mass is 471 g/mol. The smallest absolute Gasteiger partial charge is 0.411 e. The second-order valence-electron chi connectivity index (χ2n) is 7.46. The fourth-order valence-corrected chi connectivity index (χ4v) is 3.54. The van der Waals surface area contributed by atoms with Gasteiger partial charge in [0.15, 0.2) is 5.78 Å². The third-order valence-electron chi connectivity index (χ3n) is 5.14. The Kier molecular flexibility index (Phi) is 7.02. The molecule has 0 aliphatic heterocycles. The van der Waals surface area contributed by atoms with Gasteiger partial charge in [-0.1, -0.05) is 48.5 Å². The third-order valence-corrected chi connectivity index (χ3v) is 5.14. The average Bonchev–Trinajstić information content (AvgIpc) is 2.87. The van der Waals surface area contributed by atoms with Crippen molar-refractivity contribution in [3.63, 3.8) is 0 Å². The van der Waals surface area contributed by atoms with Crippen molar-refractivity contribution in [3.8, 4) is 0 Å². The van der Waals surface area contributed by atoms with E-state index in [9.17, 15) is 19.2 Å². The Morgan fingerprint density at radius 1 is 0.857 bits per heavy atom. The van der Waals surface area contributed by atoms with Crippen LogP contribution in [-0.4, -0.2) is 24.5 Å². The van der Waals surface area contributed by atoms with Crippen molar-refractivity contribution >= 4 is 34.5 Å². The highest BCUT2D eigenvalue weighted by molar-refractivity contribution is 6.14. The summed E-state index contributed by atoms with van der Waals surface area (Å²) in [6.07, 6.45) is -0.636. The molecule has 8 heteroatoms. The zero-order valence-corrected chi connectivity index (χ0v) is 18.8. The fraction of sp³-hybridized carbons (Fsp3) is 0.111. The number of anilines is 1. The van der Waals surface area contributed by atoms with Crippen LogP contribution in [0.25, 0.3) is 11.0 Å². The van der Waals surface area contributed by atoms with E-state index in [2.05, 4.69) is 5.32 Å². The molecule has 0 saturated heterocycles. The van der Waals surface area contributed by atoms with Crippen molar-refractivity contribution in [2.24, 2.45) is 0 Å². The molecule has 0 radical (unpaired) electrons. The molecule has 0 spiro atoms. The lowest BCUT2D eigenvalue weighted by molar-refractivity contribution is 0.0471. The third kappa shape index (κ3) is 5.44. The molecule has 0 bridgehead atoms. The maximum atomic E-state index is 12.9. The zero-order valence-electron chi connectivity index (χ0n) is 18.8. The van der Waals surface area contributed by atoms with Gasteiger partial charge in [-0.2, -0.15) is 0 Å². The summed E-state index contributed by atoms with van der Waals surface area (Å²) in [5.74, 6) is -1.00. The average molecular weight is 471 g/mol. The number of ether oxygens (including phenoxy) is 2. The minimum absolute atomic E-state index is 0.120. The topological polar surface area (TPSA) is 112 Å². The van der Waals surface area contributed by atoms with E-state index in [0.29, 0.717) is 22.2 Å². The van der Waals surface area contributed by atoms with Gasteiger partial charge in [-0.3, -0.25) is 10.1 Å². The van der Waals surface area contributed by atoms with Crippen LogP contribution in [0.1, 0.15) is 38.8 Å². The van der Waals surface area contributed by atoms with Crippen LogP contribution in [-0.2, 0) is 16.1 Å².